The van der Waals surface area contributed by atoms with Crippen molar-refractivity contribution < 1.29 is 48.0 Å². The minimum Gasteiger partial charge on any atom is -0.480 e. The van der Waals surface area contributed by atoms with Gasteiger partial charge in [0, 0.05) is 19.3 Å². The third-order valence-electron chi connectivity index (χ3n) is 6.26. The molecule has 0 aliphatic heterocycles. The maximum Gasteiger partial charge on any atom is 0.513 e. The van der Waals surface area contributed by atoms with E-state index in [0.717, 1.165) is 12.8 Å². The zero-order valence-electron chi connectivity index (χ0n) is 24.7. The third-order valence-corrected chi connectivity index (χ3v) is 6.26. The molecule has 3 N–H and O–H groups in total. The Morgan fingerprint density at radius 1 is 0.875 bits per heavy atom. The summed E-state index contributed by atoms with van der Waals surface area (Å²) in [5.41, 5.74) is 4.82. The van der Waals surface area contributed by atoms with Gasteiger partial charge in [-0.05, 0) is 42.4 Å². The standard InChI is InChI=1S/C29H45NO10/c1-8-19(5)16-36-27(34)39-23-11-10-22(13-24(23)40-28(35)37-17-20(6)9-2)15-29(30,26(32)33)14-21(7)38-25(31)12-18(3)4/h10-11,13,18-21H,8-9,12,14-17,30H2,1-7H3,(H,32,33)/t19?,20?,21-,29?/m0/s1. The predicted octanol–water partition coefficient (Wildman–Crippen LogP) is 5.50. The van der Waals surface area contributed by atoms with E-state index in [9.17, 15) is 24.3 Å². The summed E-state index contributed by atoms with van der Waals surface area (Å²) in [4.78, 5) is 48.8. The minimum absolute atomic E-state index is 0.0881. The highest BCUT2D eigenvalue weighted by molar-refractivity contribution is 5.79. The van der Waals surface area contributed by atoms with E-state index in [-0.39, 0.29) is 61.7 Å². The molecule has 0 aliphatic carbocycles. The number of esters is 1. The number of carbonyl (C=O) groups excluding carboxylic acids is 3. The van der Waals surface area contributed by atoms with Crippen LogP contribution in [0.15, 0.2) is 18.2 Å². The van der Waals surface area contributed by atoms with Crippen LogP contribution in [0.4, 0.5) is 9.59 Å². The molecule has 11 heteroatoms. The molecule has 0 fully saturated rings. The Morgan fingerprint density at radius 2 is 1.40 bits per heavy atom. The Bertz CT molecular complexity index is 995. The van der Waals surface area contributed by atoms with Crippen LogP contribution in [0.3, 0.4) is 0 Å². The molecule has 1 aromatic rings. The number of carboxylic acids is 1. The first-order valence-electron chi connectivity index (χ1n) is 13.7. The van der Waals surface area contributed by atoms with Crippen molar-refractivity contribution in [3.63, 3.8) is 0 Å². The second-order valence-electron chi connectivity index (χ2n) is 10.9. The van der Waals surface area contributed by atoms with E-state index in [0.29, 0.717) is 5.56 Å². The maximum atomic E-state index is 12.4. The number of carbonyl (C=O) groups is 4. The first-order chi connectivity index (χ1) is 18.7. The molecule has 0 saturated heterocycles. The number of carboxylic acid groups (broad SMARTS) is 1. The first-order valence-corrected chi connectivity index (χ1v) is 13.7. The number of rotatable bonds is 16. The smallest absolute Gasteiger partial charge is 0.480 e. The first kappa shape index (κ1) is 34.7. The Morgan fingerprint density at radius 3 is 1.88 bits per heavy atom. The lowest BCUT2D eigenvalue weighted by atomic mass is 9.86. The van der Waals surface area contributed by atoms with Gasteiger partial charge in [-0.2, -0.15) is 0 Å². The fourth-order valence-corrected chi connectivity index (χ4v) is 3.48. The molecule has 3 unspecified atom stereocenters. The van der Waals surface area contributed by atoms with Crippen LogP contribution >= 0.6 is 0 Å². The van der Waals surface area contributed by atoms with Crippen molar-refractivity contribution in [1.29, 1.82) is 0 Å². The summed E-state index contributed by atoms with van der Waals surface area (Å²) < 4.78 is 26.2. The SMILES string of the molecule is CCC(C)COC(=O)Oc1ccc(CC(N)(C[C@H](C)OC(=O)CC(C)C)C(=O)O)cc1OC(=O)OCC(C)CC. The summed E-state index contributed by atoms with van der Waals surface area (Å²) in [5.74, 6) is -1.71. The fourth-order valence-electron chi connectivity index (χ4n) is 3.48. The van der Waals surface area contributed by atoms with E-state index in [1.165, 1.54) is 18.2 Å². The Balaban J connectivity index is 3.16. The lowest BCUT2D eigenvalue weighted by Crippen LogP contribution is -2.52. The molecule has 40 heavy (non-hydrogen) atoms. The lowest BCUT2D eigenvalue weighted by molar-refractivity contribution is -0.154. The van der Waals surface area contributed by atoms with Gasteiger partial charge in [0.1, 0.15) is 11.6 Å². The van der Waals surface area contributed by atoms with Crippen LogP contribution in [0.5, 0.6) is 11.5 Å². The average Bonchev–Trinajstić information content (AvgIpc) is 2.86. The summed E-state index contributed by atoms with van der Waals surface area (Å²) in [6, 6.07) is 4.20. The average molecular weight is 568 g/mol. The zero-order chi connectivity index (χ0) is 30.5. The molecule has 1 rings (SSSR count). The second kappa shape index (κ2) is 16.7. The lowest BCUT2D eigenvalue weighted by Gasteiger charge is -2.28. The largest absolute Gasteiger partial charge is 0.513 e. The van der Waals surface area contributed by atoms with Gasteiger partial charge < -0.3 is 34.5 Å². The van der Waals surface area contributed by atoms with Gasteiger partial charge in [-0.15, -0.1) is 0 Å². The van der Waals surface area contributed by atoms with Gasteiger partial charge in [0.2, 0.25) is 0 Å². The van der Waals surface area contributed by atoms with Crippen LogP contribution in [-0.4, -0.2) is 54.2 Å². The number of ether oxygens (including phenoxy) is 5. The Labute approximate surface area is 236 Å². The van der Waals surface area contributed by atoms with E-state index < -0.39 is 35.9 Å². The van der Waals surface area contributed by atoms with Gasteiger partial charge >= 0.3 is 24.2 Å². The molecule has 1 aromatic carbocycles. The van der Waals surface area contributed by atoms with Crippen molar-refractivity contribution in [2.75, 3.05) is 13.2 Å². The van der Waals surface area contributed by atoms with Crippen LogP contribution in [0.1, 0.15) is 79.7 Å². The number of nitrogens with two attached hydrogens (primary N) is 1. The molecule has 11 nitrogen and oxygen atoms in total. The zero-order valence-corrected chi connectivity index (χ0v) is 24.7. The van der Waals surface area contributed by atoms with Gasteiger partial charge in [0.05, 0.1) is 13.2 Å². The fraction of sp³-hybridized carbons (Fsp3) is 0.655. The number of benzene rings is 1. The quantitative estimate of drug-likeness (QED) is 0.147. The van der Waals surface area contributed by atoms with E-state index >= 15 is 0 Å². The van der Waals surface area contributed by atoms with Crippen molar-refractivity contribution in [3.05, 3.63) is 23.8 Å². The van der Waals surface area contributed by atoms with Crippen molar-refractivity contribution in [2.45, 2.75) is 92.2 Å². The van der Waals surface area contributed by atoms with Crippen molar-refractivity contribution in [1.82, 2.24) is 0 Å². The highest BCUT2D eigenvalue weighted by Gasteiger charge is 2.37. The molecule has 0 bridgehead atoms. The molecule has 0 spiro atoms. The van der Waals surface area contributed by atoms with E-state index in [1.54, 1.807) is 6.92 Å². The molecule has 0 radical (unpaired) electrons. The Kier molecular flexibility index (Phi) is 14.5. The summed E-state index contributed by atoms with van der Waals surface area (Å²) in [5, 5.41) is 9.92. The highest BCUT2D eigenvalue weighted by Crippen LogP contribution is 2.31. The van der Waals surface area contributed by atoms with Crippen molar-refractivity contribution >= 4 is 24.2 Å². The normalized spacial score (nSPS) is 14.8. The van der Waals surface area contributed by atoms with E-state index in [4.69, 9.17) is 29.4 Å². The molecule has 0 saturated carbocycles. The topological polar surface area (TPSA) is 161 Å². The summed E-state index contributed by atoms with van der Waals surface area (Å²) in [6.45, 7) is 13.3. The van der Waals surface area contributed by atoms with Crippen LogP contribution in [0.2, 0.25) is 0 Å². The van der Waals surface area contributed by atoms with Gasteiger partial charge in [0.15, 0.2) is 11.5 Å². The minimum atomic E-state index is -1.82. The molecule has 226 valence electrons. The van der Waals surface area contributed by atoms with Crippen LogP contribution < -0.4 is 15.2 Å². The van der Waals surface area contributed by atoms with Crippen molar-refractivity contribution in [2.24, 2.45) is 23.5 Å². The van der Waals surface area contributed by atoms with E-state index in [1.807, 2.05) is 41.5 Å². The van der Waals surface area contributed by atoms with Crippen molar-refractivity contribution in [3.8, 4) is 11.5 Å². The summed E-state index contributed by atoms with van der Waals surface area (Å²) in [7, 11) is 0. The molecule has 0 amide bonds. The van der Waals surface area contributed by atoms with Crippen LogP contribution in [-0.2, 0) is 30.2 Å². The van der Waals surface area contributed by atoms with Gasteiger partial charge in [-0.1, -0.05) is 60.5 Å². The van der Waals surface area contributed by atoms with Crippen LogP contribution in [0.25, 0.3) is 0 Å². The third kappa shape index (κ3) is 12.7. The molecule has 0 heterocycles. The molecular formula is C29H45NO10. The second-order valence-corrected chi connectivity index (χ2v) is 10.9. The maximum absolute atomic E-state index is 12.4. The molecule has 0 aromatic heterocycles. The number of hydrogen-bond donors (Lipinski definition) is 2. The van der Waals surface area contributed by atoms with E-state index in [2.05, 4.69) is 0 Å². The highest BCUT2D eigenvalue weighted by atomic mass is 16.7. The summed E-state index contributed by atoms with van der Waals surface area (Å²) >= 11 is 0. The molecule has 4 atom stereocenters. The predicted molar refractivity (Wildman–Crippen MR) is 147 cm³/mol. The van der Waals surface area contributed by atoms with Gasteiger partial charge in [-0.25, -0.2) is 9.59 Å². The number of aliphatic carboxylic acids is 1. The monoisotopic (exact) mass is 567 g/mol. The molecule has 0 aliphatic rings. The van der Waals surface area contributed by atoms with Gasteiger partial charge in [-0.3, -0.25) is 9.59 Å². The summed E-state index contributed by atoms with van der Waals surface area (Å²) in [6.07, 6.45) is -1.34. The van der Waals surface area contributed by atoms with Gasteiger partial charge in [0.25, 0.3) is 0 Å². The number of hydrogen-bond acceptors (Lipinski definition) is 10. The Hall–Kier alpha value is -3.34. The van der Waals surface area contributed by atoms with Crippen LogP contribution in [0, 0.1) is 17.8 Å². The molecular weight excluding hydrogens is 522 g/mol.